The maximum atomic E-state index is 6.06. The quantitative estimate of drug-likeness (QED) is 0.684. The van der Waals surface area contributed by atoms with E-state index in [4.69, 9.17) is 4.74 Å². The third-order valence-electron chi connectivity index (χ3n) is 3.78. The summed E-state index contributed by atoms with van der Waals surface area (Å²) in [7, 11) is 2.20. The van der Waals surface area contributed by atoms with Gasteiger partial charge in [0.25, 0.3) is 0 Å². The number of rotatable bonds is 1. The minimum absolute atomic E-state index is 0.234. The lowest BCUT2D eigenvalue weighted by Crippen LogP contribution is -2.51. The smallest absolute Gasteiger partial charge is 0.0997 e. The second-order valence-corrected chi connectivity index (χ2v) is 4.72. The van der Waals surface area contributed by atoms with Crippen LogP contribution in [0.3, 0.4) is 0 Å². The first-order chi connectivity index (χ1) is 7.74. The molecule has 2 aliphatic rings. The van der Waals surface area contributed by atoms with Crippen molar-refractivity contribution in [2.45, 2.75) is 45.6 Å². The Morgan fingerprint density at radius 2 is 1.62 bits per heavy atom. The van der Waals surface area contributed by atoms with Crippen molar-refractivity contribution in [1.29, 1.82) is 0 Å². The van der Waals surface area contributed by atoms with Crippen LogP contribution in [0.2, 0.25) is 0 Å². The Morgan fingerprint density at radius 3 is 2.06 bits per heavy atom. The van der Waals surface area contributed by atoms with E-state index < -0.39 is 0 Å². The van der Waals surface area contributed by atoms with Crippen LogP contribution in [0.15, 0.2) is 0 Å². The topological polar surface area (TPSA) is 15.7 Å². The highest BCUT2D eigenvalue weighted by molar-refractivity contribution is 4.89. The molecule has 0 atom stereocenters. The van der Waals surface area contributed by atoms with Crippen molar-refractivity contribution < 1.29 is 4.74 Å². The van der Waals surface area contributed by atoms with Crippen LogP contribution in [0.4, 0.5) is 0 Å². The predicted molar refractivity (Wildman–Crippen MR) is 68.6 cm³/mol. The summed E-state index contributed by atoms with van der Waals surface area (Å²) in [4.78, 5) is 4.78. The van der Waals surface area contributed by atoms with E-state index in [1.54, 1.807) is 0 Å². The first kappa shape index (κ1) is 13.9. The van der Waals surface area contributed by atoms with Crippen LogP contribution in [-0.2, 0) is 4.74 Å². The van der Waals surface area contributed by atoms with Gasteiger partial charge < -0.3 is 9.64 Å². The third-order valence-corrected chi connectivity index (χ3v) is 3.78. The van der Waals surface area contributed by atoms with Gasteiger partial charge in [0.15, 0.2) is 0 Å². The molecular formula is C13H28N2O. The van der Waals surface area contributed by atoms with Crippen LogP contribution in [-0.4, -0.2) is 55.4 Å². The summed E-state index contributed by atoms with van der Waals surface area (Å²) in [5, 5.41) is 0. The minimum Gasteiger partial charge on any atom is -0.359 e. The molecule has 0 aromatic carbocycles. The summed E-state index contributed by atoms with van der Waals surface area (Å²) in [6.07, 6.45) is 3.68. The van der Waals surface area contributed by atoms with Crippen LogP contribution in [0.5, 0.6) is 0 Å². The molecule has 2 fully saturated rings. The molecule has 0 aromatic heterocycles. The van der Waals surface area contributed by atoms with E-state index in [9.17, 15) is 0 Å². The number of ether oxygens (including phenoxy) is 1. The maximum Gasteiger partial charge on any atom is 0.0997 e. The van der Waals surface area contributed by atoms with Crippen molar-refractivity contribution in [3.63, 3.8) is 0 Å². The molecule has 2 aliphatic heterocycles. The Bertz CT molecular complexity index is 178. The summed E-state index contributed by atoms with van der Waals surface area (Å²) in [5.41, 5.74) is 0.234. The van der Waals surface area contributed by atoms with Gasteiger partial charge in [-0.1, -0.05) is 20.8 Å². The van der Waals surface area contributed by atoms with Crippen molar-refractivity contribution in [1.82, 2.24) is 9.80 Å². The molecule has 0 radical (unpaired) electrons. The SMILES string of the molecule is CC.CCN1CCC2(CCN(C)CC2)OC1. The van der Waals surface area contributed by atoms with Gasteiger partial charge in [-0.25, -0.2) is 0 Å². The summed E-state index contributed by atoms with van der Waals surface area (Å²) >= 11 is 0. The summed E-state index contributed by atoms with van der Waals surface area (Å²) in [6, 6.07) is 0. The fraction of sp³-hybridized carbons (Fsp3) is 1.00. The van der Waals surface area contributed by atoms with Gasteiger partial charge in [-0.2, -0.15) is 0 Å². The van der Waals surface area contributed by atoms with E-state index in [0.717, 1.165) is 13.3 Å². The zero-order chi connectivity index (χ0) is 12.0. The highest BCUT2D eigenvalue weighted by Gasteiger charge is 2.37. The second kappa shape index (κ2) is 6.58. The minimum atomic E-state index is 0.234. The maximum absolute atomic E-state index is 6.06. The van der Waals surface area contributed by atoms with Crippen LogP contribution >= 0.6 is 0 Å². The van der Waals surface area contributed by atoms with Gasteiger partial charge >= 0.3 is 0 Å². The number of nitrogens with zero attached hydrogens (tertiary/aromatic N) is 2. The normalized spacial score (nSPS) is 26.2. The Hall–Kier alpha value is -0.120. The summed E-state index contributed by atoms with van der Waals surface area (Å²) < 4.78 is 6.06. The van der Waals surface area contributed by atoms with Gasteiger partial charge in [-0.15, -0.1) is 0 Å². The van der Waals surface area contributed by atoms with Crippen molar-refractivity contribution in [2.24, 2.45) is 0 Å². The molecule has 0 saturated carbocycles. The zero-order valence-corrected chi connectivity index (χ0v) is 11.5. The third kappa shape index (κ3) is 3.44. The van der Waals surface area contributed by atoms with E-state index in [1.165, 1.54) is 38.9 Å². The molecule has 0 amide bonds. The molecule has 2 rings (SSSR count). The Kier molecular flexibility index (Phi) is 5.73. The van der Waals surface area contributed by atoms with Gasteiger partial charge in [0.05, 0.1) is 12.3 Å². The summed E-state index contributed by atoms with van der Waals surface area (Å²) in [5.74, 6) is 0. The molecule has 2 heterocycles. The van der Waals surface area contributed by atoms with Gasteiger partial charge in [-0.3, -0.25) is 4.90 Å². The highest BCUT2D eigenvalue weighted by atomic mass is 16.5. The molecule has 96 valence electrons. The molecule has 3 nitrogen and oxygen atoms in total. The fourth-order valence-corrected chi connectivity index (χ4v) is 2.40. The molecule has 2 saturated heterocycles. The van der Waals surface area contributed by atoms with Gasteiger partial charge in [-0.05, 0) is 32.9 Å². The molecule has 0 aromatic rings. The van der Waals surface area contributed by atoms with E-state index in [1.807, 2.05) is 13.8 Å². The summed E-state index contributed by atoms with van der Waals surface area (Å²) in [6.45, 7) is 11.8. The first-order valence-electron chi connectivity index (χ1n) is 6.79. The lowest BCUT2D eigenvalue weighted by atomic mass is 9.87. The number of hydrogen-bond donors (Lipinski definition) is 0. The first-order valence-corrected chi connectivity index (χ1v) is 6.79. The van der Waals surface area contributed by atoms with Crippen LogP contribution < -0.4 is 0 Å². The lowest BCUT2D eigenvalue weighted by molar-refractivity contribution is -0.157. The van der Waals surface area contributed by atoms with E-state index in [-0.39, 0.29) is 5.60 Å². The lowest BCUT2D eigenvalue weighted by Gasteiger charge is -2.45. The molecule has 0 aliphatic carbocycles. The molecule has 16 heavy (non-hydrogen) atoms. The van der Waals surface area contributed by atoms with Crippen molar-refractivity contribution in [3.05, 3.63) is 0 Å². The number of piperidine rings is 1. The van der Waals surface area contributed by atoms with E-state index in [2.05, 4.69) is 23.8 Å². The van der Waals surface area contributed by atoms with E-state index in [0.29, 0.717) is 0 Å². The Morgan fingerprint density at radius 1 is 1.06 bits per heavy atom. The number of hydrogen-bond acceptors (Lipinski definition) is 3. The second-order valence-electron chi connectivity index (χ2n) is 4.72. The Balaban J connectivity index is 0.000000606. The Labute approximate surface area is 101 Å². The van der Waals surface area contributed by atoms with E-state index >= 15 is 0 Å². The zero-order valence-electron chi connectivity index (χ0n) is 11.5. The van der Waals surface area contributed by atoms with Gasteiger partial charge in [0.2, 0.25) is 0 Å². The molecule has 0 unspecified atom stereocenters. The van der Waals surface area contributed by atoms with Crippen molar-refractivity contribution >= 4 is 0 Å². The average Bonchev–Trinajstić information content (AvgIpc) is 2.37. The highest BCUT2D eigenvalue weighted by Crippen LogP contribution is 2.32. The molecule has 3 heteroatoms. The van der Waals surface area contributed by atoms with Crippen LogP contribution in [0.1, 0.15) is 40.0 Å². The number of likely N-dealkylation sites (tertiary alicyclic amines) is 1. The van der Waals surface area contributed by atoms with Gasteiger partial charge in [0, 0.05) is 19.6 Å². The van der Waals surface area contributed by atoms with Crippen molar-refractivity contribution in [3.8, 4) is 0 Å². The fourth-order valence-electron chi connectivity index (χ4n) is 2.40. The predicted octanol–water partition coefficient (Wildman–Crippen LogP) is 2.18. The van der Waals surface area contributed by atoms with Crippen LogP contribution in [0, 0.1) is 0 Å². The average molecular weight is 228 g/mol. The monoisotopic (exact) mass is 228 g/mol. The molecule has 0 N–H and O–H groups in total. The van der Waals surface area contributed by atoms with Crippen LogP contribution in [0.25, 0.3) is 0 Å². The molecule has 1 spiro atoms. The van der Waals surface area contributed by atoms with Crippen molar-refractivity contribution in [2.75, 3.05) is 40.0 Å². The molecule has 0 bridgehead atoms. The molecular weight excluding hydrogens is 200 g/mol. The largest absolute Gasteiger partial charge is 0.359 e. The standard InChI is InChI=1S/C11H22N2O.C2H6/c1-3-13-9-6-11(14-10-13)4-7-12(2)8-5-11;1-2/h3-10H2,1-2H3;1-2H3. The van der Waals surface area contributed by atoms with Gasteiger partial charge in [0.1, 0.15) is 0 Å².